The highest BCUT2D eigenvalue weighted by Crippen LogP contribution is 2.30. The van der Waals surface area contributed by atoms with Gasteiger partial charge in [0.15, 0.2) is 0 Å². The van der Waals surface area contributed by atoms with Crippen LogP contribution in [0, 0.1) is 19.7 Å². The van der Waals surface area contributed by atoms with Crippen molar-refractivity contribution in [3.8, 4) is 0 Å². The van der Waals surface area contributed by atoms with Gasteiger partial charge in [-0.2, -0.15) is 0 Å². The Morgan fingerprint density at radius 3 is 2.31 bits per heavy atom. The summed E-state index contributed by atoms with van der Waals surface area (Å²) >= 11 is 0. The second kappa shape index (κ2) is 8.96. The summed E-state index contributed by atoms with van der Waals surface area (Å²) in [5.41, 5.74) is 3.22. The molecule has 0 amide bonds. The van der Waals surface area contributed by atoms with E-state index in [1.165, 1.54) is 24.4 Å². The van der Waals surface area contributed by atoms with Crippen molar-refractivity contribution >= 4 is 26.4 Å². The number of hydrogen-bond acceptors (Lipinski definition) is 4. The second-order valence-electron chi connectivity index (χ2n) is 9.27. The van der Waals surface area contributed by atoms with Crippen LogP contribution in [0.1, 0.15) is 29.5 Å². The first-order valence-electron chi connectivity index (χ1n) is 11.7. The summed E-state index contributed by atoms with van der Waals surface area (Å²) in [4.78, 5) is 15.2. The summed E-state index contributed by atoms with van der Waals surface area (Å²) < 4.78 is 44.0. The molecular weight excluding hydrogens is 463 g/mol. The molecule has 0 radical (unpaired) electrons. The van der Waals surface area contributed by atoms with Gasteiger partial charge in [0.05, 0.1) is 21.5 Å². The molecule has 5 rings (SSSR count). The molecular formula is C28H27FN2O3S. The monoisotopic (exact) mass is 490 g/mol. The molecule has 1 aromatic heterocycles. The molecule has 4 aromatic rings. The summed E-state index contributed by atoms with van der Waals surface area (Å²) in [5.74, 6) is -0.511. The third kappa shape index (κ3) is 4.36. The highest BCUT2D eigenvalue weighted by molar-refractivity contribution is 7.91. The van der Waals surface area contributed by atoms with Gasteiger partial charge in [-0.3, -0.25) is 4.79 Å². The molecule has 180 valence electrons. The van der Waals surface area contributed by atoms with Gasteiger partial charge in [-0.25, -0.2) is 12.8 Å². The van der Waals surface area contributed by atoms with Gasteiger partial charge in [0.2, 0.25) is 15.3 Å². The maximum atomic E-state index is 15.2. The molecule has 7 heteroatoms. The SMILES string of the molecule is Cc1ccc(S(=O)(=O)c2cn(Cc3cccc(C)c3)c3cc(N4CCCC4)c(F)cc3c2=O)cc1. The fraction of sp³-hybridized carbons (Fsp3) is 0.250. The fourth-order valence-corrected chi connectivity index (χ4v) is 6.12. The average molecular weight is 491 g/mol. The zero-order chi connectivity index (χ0) is 24.7. The number of rotatable bonds is 5. The van der Waals surface area contributed by atoms with E-state index in [1.54, 1.807) is 22.8 Å². The van der Waals surface area contributed by atoms with Crippen LogP contribution in [0.5, 0.6) is 0 Å². The molecule has 1 saturated heterocycles. The van der Waals surface area contributed by atoms with Crippen molar-refractivity contribution < 1.29 is 12.8 Å². The van der Waals surface area contributed by atoms with E-state index in [-0.39, 0.29) is 15.2 Å². The maximum Gasteiger partial charge on any atom is 0.211 e. The summed E-state index contributed by atoms with van der Waals surface area (Å²) in [6, 6.07) is 17.2. The number of pyridine rings is 1. The van der Waals surface area contributed by atoms with Crippen molar-refractivity contribution in [1.29, 1.82) is 0 Å². The minimum absolute atomic E-state index is 0.0378. The van der Waals surface area contributed by atoms with E-state index in [9.17, 15) is 13.2 Å². The van der Waals surface area contributed by atoms with E-state index in [0.29, 0.717) is 17.7 Å². The predicted molar refractivity (Wildman–Crippen MR) is 137 cm³/mol. The van der Waals surface area contributed by atoms with Crippen molar-refractivity contribution in [1.82, 2.24) is 4.57 Å². The molecule has 2 heterocycles. The minimum Gasteiger partial charge on any atom is -0.369 e. The Morgan fingerprint density at radius 2 is 1.63 bits per heavy atom. The van der Waals surface area contributed by atoms with E-state index >= 15 is 4.39 Å². The van der Waals surface area contributed by atoms with Crippen LogP contribution in [0.2, 0.25) is 0 Å². The van der Waals surface area contributed by atoms with E-state index in [0.717, 1.165) is 42.6 Å². The lowest BCUT2D eigenvalue weighted by molar-refractivity contribution is 0.593. The molecule has 0 atom stereocenters. The number of benzene rings is 3. The Kier molecular flexibility index (Phi) is 5.97. The molecule has 0 spiro atoms. The molecule has 1 aliphatic rings. The summed E-state index contributed by atoms with van der Waals surface area (Å²) in [7, 11) is -4.11. The lowest BCUT2D eigenvalue weighted by Gasteiger charge is -2.21. The van der Waals surface area contributed by atoms with Gasteiger partial charge < -0.3 is 9.47 Å². The van der Waals surface area contributed by atoms with Gasteiger partial charge in [0, 0.05) is 25.8 Å². The number of aryl methyl sites for hydroxylation is 2. The first-order chi connectivity index (χ1) is 16.7. The standard InChI is InChI=1S/C28H27FN2O3S/c1-19-8-10-22(11-9-19)35(33,34)27-18-31(17-21-7-5-6-20(2)14-21)25-16-26(30-12-3-4-13-30)24(29)15-23(25)28(27)32/h5-11,14-16,18H,3-4,12-13,17H2,1-2H3. The van der Waals surface area contributed by atoms with E-state index in [2.05, 4.69) is 0 Å². The van der Waals surface area contributed by atoms with Crippen LogP contribution in [0.25, 0.3) is 10.9 Å². The van der Waals surface area contributed by atoms with Gasteiger partial charge in [-0.15, -0.1) is 0 Å². The first-order valence-corrected chi connectivity index (χ1v) is 13.2. The molecule has 0 aliphatic carbocycles. The van der Waals surface area contributed by atoms with Crippen LogP contribution in [-0.2, 0) is 16.4 Å². The van der Waals surface area contributed by atoms with Crippen molar-refractivity contribution in [3.05, 3.63) is 99.6 Å². The van der Waals surface area contributed by atoms with Crippen LogP contribution in [0.3, 0.4) is 0 Å². The van der Waals surface area contributed by atoms with Crippen molar-refractivity contribution in [2.24, 2.45) is 0 Å². The molecule has 0 bridgehead atoms. The van der Waals surface area contributed by atoms with Crippen LogP contribution in [-0.4, -0.2) is 26.1 Å². The fourth-order valence-electron chi connectivity index (χ4n) is 4.75. The van der Waals surface area contributed by atoms with E-state index < -0.39 is 21.1 Å². The Bertz CT molecular complexity index is 1590. The molecule has 1 fully saturated rings. The van der Waals surface area contributed by atoms with Gasteiger partial charge in [0.1, 0.15) is 10.7 Å². The number of aromatic nitrogens is 1. The second-order valence-corrected chi connectivity index (χ2v) is 11.2. The Morgan fingerprint density at radius 1 is 0.914 bits per heavy atom. The number of halogens is 1. The Balaban J connectivity index is 1.76. The normalized spacial score (nSPS) is 14.1. The van der Waals surface area contributed by atoms with Gasteiger partial charge in [-0.1, -0.05) is 47.5 Å². The third-order valence-corrected chi connectivity index (χ3v) is 8.38. The minimum atomic E-state index is -4.11. The predicted octanol–water partition coefficient (Wildman–Crippen LogP) is 5.24. The molecule has 1 aliphatic heterocycles. The highest BCUT2D eigenvalue weighted by Gasteiger charge is 2.26. The quantitative estimate of drug-likeness (QED) is 0.384. The lowest BCUT2D eigenvalue weighted by Crippen LogP contribution is -2.22. The summed E-state index contributed by atoms with van der Waals surface area (Å²) in [6.07, 6.45) is 3.39. The van der Waals surface area contributed by atoms with Crippen LogP contribution < -0.4 is 10.3 Å². The highest BCUT2D eigenvalue weighted by atomic mass is 32.2. The maximum absolute atomic E-state index is 15.2. The van der Waals surface area contributed by atoms with Crippen LogP contribution in [0.4, 0.5) is 10.1 Å². The van der Waals surface area contributed by atoms with E-state index in [1.807, 2.05) is 43.0 Å². The Labute approximate surface area is 204 Å². The number of fused-ring (bicyclic) bond motifs is 1. The Hall–Kier alpha value is -3.45. The van der Waals surface area contributed by atoms with Crippen LogP contribution >= 0.6 is 0 Å². The first kappa shape index (κ1) is 23.3. The van der Waals surface area contributed by atoms with Gasteiger partial charge in [-0.05, 0) is 56.5 Å². The number of anilines is 1. The molecule has 0 N–H and O–H groups in total. The smallest absolute Gasteiger partial charge is 0.211 e. The largest absolute Gasteiger partial charge is 0.369 e. The van der Waals surface area contributed by atoms with Gasteiger partial charge in [0.25, 0.3) is 0 Å². The van der Waals surface area contributed by atoms with Crippen molar-refractivity contribution in [2.45, 2.75) is 43.0 Å². The van der Waals surface area contributed by atoms with Crippen LogP contribution in [0.15, 0.2) is 81.4 Å². The van der Waals surface area contributed by atoms with E-state index in [4.69, 9.17) is 0 Å². The van der Waals surface area contributed by atoms with Crippen molar-refractivity contribution in [2.75, 3.05) is 18.0 Å². The average Bonchev–Trinajstić information content (AvgIpc) is 3.35. The summed E-state index contributed by atoms with van der Waals surface area (Å²) in [5, 5.41) is 0.0614. The zero-order valence-corrected chi connectivity index (χ0v) is 20.6. The third-order valence-electron chi connectivity index (χ3n) is 6.62. The molecule has 35 heavy (non-hydrogen) atoms. The molecule has 0 saturated carbocycles. The lowest BCUT2D eigenvalue weighted by atomic mass is 10.1. The molecule has 0 unspecified atom stereocenters. The van der Waals surface area contributed by atoms with Gasteiger partial charge >= 0.3 is 0 Å². The summed E-state index contributed by atoms with van der Waals surface area (Å²) in [6.45, 7) is 5.71. The zero-order valence-electron chi connectivity index (χ0n) is 19.8. The molecule has 5 nitrogen and oxygen atoms in total. The topological polar surface area (TPSA) is 59.4 Å². The number of hydrogen-bond donors (Lipinski definition) is 0. The number of sulfone groups is 1. The van der Waals surface area contributed by atoms with Crippen molar-refractivity contribution in [3.63, 3.8) is 0 Å². The molecule has 3 aromatic carbocycles. The number of nitrogens with zero attached hydrogens (tertiary/aromatic N) is 2.